The summed E-state index contributed by atoms with van der Waals surface area (Å²) < 4.78 is 36.6. The Kier molecular flexibility index (Phi) is 2.34. The molecule has 0 atom stereocenters. The first-order valence-corrected chi connectivity index (χ1v) is 3.54. The van der Waals surface area contributed by atoms with Crippen LogP contribution in [-0.2, 0) is 6.18 Å². The maximum atomic E-state index is 12.2. The fourth-order valence-corrected chi connectivity index (χ4v) is 0.914. The number of pyridine rings is 1. The van der Waals surface area contributed by atoms with Gasteiger partial charge in [-0.1, -0.05) is 0 Å². The summed E-state index contributed by atoms with van der Waals surface area (Å²) >= 11 is 0. The van der Waals surface area contributed by atoms with Crippen molar-refractivity contribution < 1.29 is 18.3 Å². The van der Waals surface area contributed by atoms with Gasteiger partial charge in [-0.25, -0.2) is 4.98 Å². The van der Waals surface area contributed by atoms with Crippen LogP contribution in [0.1, 0.15) is 16.8 Å². The number of aromatic hydroxyl groups is 1. The first-order chi connectivity index (χ1) is 6.36. The van der Waals surface area contributed by atoms with Crippen LogP contribution in [0.3, 0.4) is 0 Å². The van der Waals surface area contributed by atoms with Crippen molar-refractivity contribution in [1.29, 1.82) is 5.26 Å². The van der Waals surface area contributed by atoms with Crippen LogP contribution in [-0.4, -0.2) is 10.1 Å². The van der Waals surface area contributed by atoms with Crippen molar-refractivity contribution in [3.8, 4) is 11.9 Å². The summed E-state index contributed by atoms with van der Waals surface area (Å²) in [6.07, 6.45) is -4.70. The highest BCUT2D eigenvalue weighted by Crippen LogP contribution is 2.35. The van der Waals surface area contributed by atoms with Crippen LogP contribution in [0.5, 0.6) is 5.88 Å². The standard InChI is InChI=1S/C8H5F3N2O/c1-4-5(3-12)2-6(7(14)13-4)8(9,10)11/h2H,1H3,(H,13,14). The lowest BCUT2D eigenvalue weighted by Gasteiger charge is -2.08. The predicted molar refractivity (Wildman–Crippen MR) is 40.4 cm³/mol. The minimum absolute atomic E-state index is 0.0676. The summed E-state index contributed by atoms with van der Waals surface area (Å²) in [7, 11) is 0. The Labute approximate surface area is 77.4 Å². The Bertz CT molecular complexity index is 406. The summed E-state index contributed by atoms with van der Waals surface area (Å²) in [5.74, 6) is -1.10. The van der Waals surface area contributed by atoms with Crippen molar-refractivity contribution in [2.75, 3.05) is 0 Å². The van der Waals surface area contributed by atoms with E-state index in [9.17, 15) is 13.2 Å². The highest BCUT2D eigenvalue weighted by atomic mass is 19.4. The van der Waals surface area contributed by atoms with Crippen LogP contribution >= 0.6 is 0 Å². The Morgan fingerprint density at radius 3 is 2.50 bits per heavy atom. The number of rotatable bonds is 0. The molecule has 74 valence electrons. The fraction of sp³-hybridized carbons (Fsp3) is 0.250. The molecule has 1 aromatic rings. The van der Waals surface area contributed by atoms with Crippen LogP contribution in [0.2, 0.25) is 0 Å². The second-order valence-electron chi connectivity index (χ2n) is 2.60. The Balaban J connectivity index is 3.41. The van der Waals surface area contributed by atoms with Gasteiger partial charge < -0.3 is 5.11 Å². The van der Waals surface area contributed by atoms with Gasteiger partial charge in [0.05, 0.1) is 11.3 Å². The van der Waals surface area contributed by atoms with Gasteiger partial charge in [0.15, 0.2) is 0 Å². The van der Waals surface area contributed by atoms with Gasteiger partial charge in [-0.05, 0) is 13.0 Å². The van der Waals surface area contributed by atoms with E-state index < -0.39 is 17.6 Å². The third-order valence-electron chi connectivity index (χ3n) is 1.62. The Morgan fingerprint density at radius 2 is 2.07 bits per heavy atom. The van der Waals surface area contributed by atoms with Gasteiger partial charge in [-0.15, -0.1) is 0 Å². The third-order valence-corrected chi connectivity index (χ3v) is 1.62. The molecule has 0 unspecified atom stereocenters. The van der Waals surface area contributed by atoms with E-state index in [1.807, 2.05) is 0 Å². The Morgan fingerprint density at radius 1 is 1.50 bits per heavy atom. The molecule has 0 radical (unpaired) electrons. The molecule has 0 fully saturated rings. The number of nitrogens with zero attached hydrogens (tertiary/aromatic N) is 2. The number of aromatic nitrogens is 1. The molecule has 0 bridgehead atoms. The second-order valence-corrected chi connectivity index (χ2v) is 2.60. The molecule has 0 aromatic carbocycles. The minimum atomic E-state index is -4.70. The SMILES string of the molecule is Cc1nc(O)c(C(F)(F)F)cc1C#N. The van der Waals surface area contributed by atoms with E-state index in [1.54, 1.807) is 6.07 Å². The van der Waals surface area contributed by atoms with Gasteiger partial charge in [0.25, 0.3) is 0 Å². The summed E-state index contributed by atoms with van der Waals surface area (Å²) in [6, 6.07) is 2.14. The van der Waals surface area contributed by atoms with Crippen LogP contribution in [0.25, 0.3) is 0 Å². The normalized spacial score (nSPS) is 11.1. The molecule has 1 N–H and O–H groups in total. The summed E-state index contributed by atoms with van der Waals surface area (Å²) in [4.78, 5) is 3.22. The van der Waals surface area contributed by atoms with Gasteiger partial charge in [-0.2, -0.15) is 18.4 Å². The van der Waals surface area contributed by atoms with Crippen molar-refractivity contribution in [3.63, 3.8) is 0 Å². The van der Waals surface area contributed by atoms with E-state index in [0.717, 1.165) is 0 Å². The molecule has 6 heteroatoms. The van der Waals surface area contributed by atoms with E-state index in [0.29, 0.717) is 6.07 Å². The third kappa shape index (κ3) is 1.76. The van der Waals surface area contributed by atoms with Gasteiger partial charge in [0.1, 0.15) is 11.6 Å². The lowest BCUT2D eigenvalue weighted by Crippen LogP contribution is -2.07. The van der Waals surface area contributed by atoms with Gasteiger partial charge in [0.2, 0.25) is 5.88 Å². The molecule has 1 rings (SSSR count). The van der Waals surface area contributed by atoms with Gasteiger partial charge in [-0.3, -0.25) is 0 Å². The molecule has 14 heavy (non-hydrogen) atoms. The zero-order valence-electron chi connectivity index (χ0n) is 7.05. The summed E-state index contributed by atoms with van der Waals surface area (Å²) in [5.41, 5.74) is -1.42. The zero-order valence-corrected chi connectivity index (χ0v) is 7.05. The molecule has 0 spiro atoms. The largest absolute Gasteiger partial charge is 0.493 e. The molecule has 0 aliphatic heterocycles. The van der Waals surface area contributed by atoms with Crippen LogP contribution in [0.15, 0.2) is 6.07 Å². The number of alkyl halides is 3. The van der Waals surface area contributed by atoms with Gasteiger partial charge in [0, 0.05) is 0 Å². The predicted octanol–water partition coefficient (Wildman–Crippen LogP) is 1.99. The maximum Gasteiger partial charge on any atom is 0.421 e. The number of hydrogen-bond acceptors (Lipinski definition) is 3. The summed E-state index contributed by atoms with van der Waals surface area (Å²) in [6.45, 7) is 1.35. The van der Waals surface area contributed by atoms with Crippen molar-refractivity contribution in [3.05, 3.63) is 22.9 Å². The number of halogens is 3. The van der Waals surface area contributed by atoms with E-state index >= 15 is 0 Å². The van der Waals surface area contributed by atoms with Crippen molar-refractivity contribution in [2.24, 2.45) is 0 Å². The van der Waals surface area contributed by atoms with E-state index in [2.05, 4.69) is 4.98 Å². The molecular weight excluding hydrogens is 197 g/mol. The molecule has 1 heterocycles. The van der Waals surface area contributed by atoms with E-state index in [4.69, 9.17) is 10.4 Å². The lowest BCUT2D eigenvalue weighted by atomic mass is 10.1. The first-order valence-electron chi connectivity index (χ1n) is 3.54. The molecule has 0 saturated heterocycles. The average molecular weight is 202 g/mol. The van der Waals surface area contributed by atoms with Crippen LogP contribution in [0, 0.1) is 18.3 Å². The van der Waals surface area contributed by atoms with Crippen molar-refractivity contribution in [2.45, 2.75) is 13.1 Å². The highest BCUT2D eigenvalue weighted by molar-refractivity contribution is 5.41. The molecular formula is C8H5F3N2O. The quantitative estimate of drug-likeness (QED) is 0.699. The Hall–Kier alpha value is -1.77. The van der Waals surface area contributed by atoms with Crippen molar-refractivity contribution >= 4 is 0 Å². The topological polar surface area (TPSA) is 56.9 Å². The van der Waals surface area contributed by atoms with Crippen LogP contribution in [0.4, 0.5) is 13.2 Å². The number of hydrogen-bond donors (Lipinski definition) is 1. The second kappa shape index (κ2) is 3.18. The molecule has 0 saturated carbocycles. The van der Waals surface area contributed by atoms with E-state index in [1.165, 1.54) is 6.92 Å². The average Bonchev–Trinajstić information content (AvgIpc) is 2.02. The fourth-order valence-electron chi connectivity index (χ4n) is 0.914. The zero-order chi connectivity index (χ0) is 10.9. The molecule has 0 aliphatic carbocycles. The first kappa shape index (κ1) is 10.3. The van der Waals surface area contributed by atoms with Crippen LogP contribution < -0.4 is 0 Å². The molecule has 0 amide bonds. The summed E-state index contributed by atoms with van der Waals surface area (Å²) in [5, 5.41) is 17.4. The number of nitriles is 1. The monoisotopic (exact) mass is 202 g/mol. The smallest absolute Gasteiger partial charge is 0.421 e. The van der Waals surface area contributed by atoms with Gasteiger partial charge >= 0.3 is 6.18 Å². The molecule has 0 aliphatic rings. The minimum Gasteiger partial charge on any atom is -0.493 e. The van der Waals surface area contributed by atoms with E-state index in [-0.39, 0.29) is 11.3 Å². The lowest BCUT2D eigenvalue weighted by molar-refractivity contribution is -0.139. The maximum absolute atomic E-state index is 12.2. The number of aryl methyl sites for hydroxylation is 1. The highest BCUT2D eigenvalue weighted by Gasteiger charge is 2.35. The van der Waals surface area contributed by atoms with Crippen molar-refractivity contribution in [1.82, 2.24) is 4.98 Å². The molecule has 1 aromatic heterocycles. The molecule has 3 nitrogen and oxygen atoms in total.